The Labute approximate surface area is 123 Å². The van der Waals surface area contributed by atoms with Gasteiger partial charge in [-0.05, 0) is 38.1 Å². The Bertz CT molecular complexity index is 943. The van der Waals surface area contributed by atoms with E-state index < -0.39 is 9.84 Å². The highest BCUT2D eigenvalue weighted by Gasteiger charge is 2.16. The molecule has 0 radical (unpaired) electrons. The van der Waals surface area contributed by atoms with Gasteiger partial charge in [-0.25, -0.2) is 13.4 Å². The molecule has 0 aliphatic carbocycles. The van der Waals surface area contributed by atoms with Crippen LogP contribution in [0.25, 0.3) is 22.4 Å². The average molecular weight is 301 g/mol. The fourth-order valence-corrected chi connectivity index (χ4v) is 3.20. The van der Waals surface area contributed by atoms with Crippen molar-refractivity contribution in [1.82, 2.24) is 15.0 Å². The van der Waals surface area contributed by atoms with E-state index in [4.69, 9.17) is 0 Å². The lowest BCUT2D eigenvalue weighted by atomic mass is 10.2. The van der Waals surface area contributed by atoms with Gasteiger partial charge in [0.25, 0.3) is 0 Å². The number of imidazole rings is 1. The number of sulfone groups is 1. The number of hydrogen-bond donors (Lipinski definition) is 1. The van der Waals surface area contributed by atoms with Crippen LogP contribution in [0.1, 0.15) is 11.4 Å². The van der Waals surface area contributed by atoms with E-state index >= 15 is 0 Å². The van der Waals surface area contributed by atoms with Crippen molar-refractivity contribution in [2.75, 3.05) is 6.26 Å². The number of aromatic amines is 1. The molecule has 0 saturated carbocycles. The molecule has 0 aliphatic rings. The van der Waals surface area contributed by atoms with Crippen molar-refractivity contribution < 1.29 is 8.42 Å². The van der Waals surface area contributed by atoms with E-state index in [1.807, 2.05) is 32.0 Å². The smallest absolute Gasteiger partial charge is 0.177 e. The molecule has 0 aliphatic heterocycles. The summed E-state index contributed by atoms with van der Waals surface area (Å²) in [7, 11) is -3.31. The van der Waals surface area contributed by atoms with Crippen molar-refractivity contribution in [3.8, 4) is 11.4 Å². The van der Waals surface area contributed by atoms with Crippen molar-refractivity contribution in [2.24, 2.45) is 0 Å². The lowest BCUT2D eigenvalue weighted by Crippen LogP contribution is -1.97. The zero-order valence-corrected chi connectivity index (χ0v) is 12.8. The number of aromatic nitrogens is 3. The van der Waals surface area contributed by atoms with Gasteiger partial charge in [0.05, 0.1) is 10.4 Å². The van der Waals surface area contributed by atoms with Crippen LogP contribution in [0.2, 0.25) is 0 Å². The summed E-state index contributed by atoms with van der Waals surface area (Å²) in [6.45, 7) is 3.84. The number of aryl methyl sites for hydroxylation is 2. The van der Waals surface area contributed by atoms with Crippen LogP contribution < -0.4 is 0 Å². The summed E-state index contributed by atoms with van der Waals surface area (Å²) in [6.07, 6.45) is 1.19. The molecule has 0 atom stereocenters. The van der Waals surface area contributed by atoms with Gasteiger partial charge in [-0.15, -0.1) is 0 Å². The Balaban J connectivity index is 2.27. The van der Waals surface area contributed by atoms with E-state index in [1.165, 1.54) is 6.26 Å². The number of H-pyrrole nitrogens is 1. The lowest BCUT2D eigenvalue weighted by Gasteiger charge is -2.02. The Morgan fingerprint density at radius 2 is 1.81 bits per heavy atom. The van der Waals surface area contributed by atoms with Crippen molar-refractivity contribution in [2.45, 2.75) is 18.7 Å². The average Bonchev–Trinajstić information content (AvgIpc) is 2.80. The zero-order valence-electron chi connectivity index (χ0n) is 12.0. The molecule has 0 bridgehead atoms. The topological polar surface area (TPSA) is 75.7 Å². The molecule has 21 heavy (non-hydrogen) atoms. The standard InChI is InChI=1S/C15H15N3O2S/c1-9-7-8-11(10(2)16-9)15-17-12-5-4-6-13(14(12)18-15)21(3,19)20/h4-8H,1-3H3,(H,17,18). The van der Waals surface area contributed by atoms with E-state index in [0.29, 0.717) is 16.9 Å². The van der Waals surface area contributed by atoms with Gasteiger partial charge in [0.2, 0.25) is 0 Å². The van der Waals surface area contributed by atoms with E-state index in [0.717, 1.165) is 17.0 Å². The molecular formula is C15H15N3O2S. The Kier molecular flexibility index (Phi) is 3.06. The van der Waals surface area contributed by atoms with Crippen molar-refractivity contribution in [3.05, 3.63) is 41.7 Å². The monoisotopic (exact) mass is 301 g/mol. The minimum Gasteiger partial charge on any atom is -0.338 e. The number of nitrogens with zero attached hydrogens (tertiary/aromatic N) is 2. The largest absolute Gasteiger partial charge is 0.338 e. The number of hydrogen-bond acceptors (Lipinski definition) is 4. The molecule has 2 aromatic heterocycles. The summed E-state index contributed by atoms with van der Waals surface area (Å²) < 4.78 is 23.7. The number of fused-ring (bicyclic) bond motifs is 1. The van der Waals surface area contributed by atoms with Crippen LogP contribution in [0.3, 0.4) is 0 Å². The molecule has 6 heteroatoms. The van der Waals surface area contributed by atoms with Crippen LogP contribution in [-0.2, 0) is 9.84 Å². The maximum atomic E-state index is 11.8. The van der Waals surface area contributed by atoms with Crippen LogP contribution in [0.4, 0.5) is 0 Å². The number of rotatable bonds is 2. The summed E-state index contributed by atoms with van der Waals surface area (Å²) in [5, 5.41) is 0. The highest BCUT2D eigenvalue weighted by atomic mass is 32.2. The first-order valence-electron chi connectivity index (χ1n) is 6.49. The van der Waals surface area contributed by atoms with Crippen LogP contribution >= 0.6 is 0 Å². The van der Waals surface area contributed by atoms with Crippen molar-refractivity contribution in [3.63, 3.8) is 0 Å². The number of para-hydroxylation sites is 1. The molecule has 5 nitrogen and oxygen atoms in total. The van der Waals surface area contributed by atoms with Gasteiger partial charge >= 0.3 is 0 Å². The first-order valence-corrected chi connectivity index (χ1v) is 8.39. The molecule has 0 unspecified atom stereocenters. The van der Waals surface area contributed by atoms with E-state index in [1.54, 1.807) is 12.1 Å². The normalized spacial score (nSPS) is 12.0. The minimum absolute atomic E-state index is 0.236. The molecule has 1 aromatic carbocycles. The SMILES string of the molecule is Cc1ccc(-c2nc3c(S(C)(=O)=O)cccc3[nH]2)c(C)n1. The van der Waals surface area contributed by atoms with Gasteiger partial charge in [-0.3, -0.25) is 4.98 Å². The molecule has 3 aromatic rings. The third-order valence-corrected chi connectivity index (χ3v) is 4.48. The van der Waals surface area contributed by atoms with Crippen LogP contribution in [0.5, 0.6) is 0 Å². The third kappa shape index (κ3) is 2.42. The van der Waals surface area contributed by atoms with Gasteiger partial charge in [-0.1, -0.05) is 6.07 Å². The number of pyridine rings is 1. The summed E-state index contributed by atoms with van der Waals surface area (Å²) in [6, 6.07) is 8.95. The van der Waals surface area contributed by atoms with Gasteiger partial charge in [0.15, 0.2) is 9.84 Å². The molecule has 0 spiro atoms. The van der Waals surface area contributed by atoms with Gasteiger partial charge < -0.3 is 4.98 Å². The second kappa shape index (κ2) is 4.66. The molecule has 0 amide bonds. The molecule has 0 saturated heterocycles. The Morgan fingerprint density at radius 1 is 1.05 bits per heavy atom. The number of benzene rings is 1. The second-order valence-electron chi connectivity index (χ2n) is 5.10. The summed E-state index contributed by atoms with van der Waals surface area (Å²) in [5.41, 5.74) is 3.83. The molecule has 1 N–H and O–H groups in total. The van der Waals surface area contributed by atoms with Crippen LogP contribution in [0.15, 0.2) is 35.2 Å². The molecule has 0 fully saturated rings. The van der Waals surface area contributed by atoms with Crippen LogP contribution in [-0.4, -0.2) is 29.6 Å². The minimum atomic E-state index is -3.31. The first-order chi connectivity index (χ1) is 9.86. The van der Waals surface area contributed by atoms with Gasteiger partial charge in [0, 0.05) is 23.2 Å². The maximum Gasteiger partial charge on any atom is 0.177 e. The molecule has 3 rings (SSSR count). The second-order valence-corrected chi connectivity index (χ2v) is 7.08. The zero-order chi connectivity index (χ0) is 15.2. The summed E-state index contributed by atoms with van der Waals surface area (Å²) in [4.78, 5) is 12.3. The Hall–Kier alpha value is -2.21. The fraction of sp³-hybridized carbons (Fsp3) is 0.200. The van der Waals surface area contributed by atoms with E-state index in [-0.39, 0.29) is 4.90 Å². The highest BCUT2D eigenvalue weighted by molar-refractivity contribution is 7.91. The van der Waals surface area contributed by atoms with Crippen molar-refractivity contribution >= 4 is 20.9 Å². The fourth-order valence-electron chi connectivity index (χ4n) is 2.37. The Morgan fingerprint density at radius 3 is 2.48 bits per heavy atom. The summed E-state index contributed by atoms with van der Waals surface area (Å²) >= 11 is 0. The van der Waals surface area contributed by atoms with Gasteiger partial charge in [0.1, 0.15) is 11.3 Å². The predicted octanol–water partition coefficient (Wildman–Crippen LogP) is 2.65. The molecule has 2 heterocycles. The summed E-state index contributed by atoms with van der Waals surface area (Å²) in [5.74, 6) is 0.631. The predicted molar refractivity (Wildman–Crippen MR) is 81.9 cm³/mol. The first kappa shape index (κ1) is 13.8. The molecule has 108 valence electrons. The lowest BCUT2D eigenvalue weighted by molar-refractivity contribution is 0.602. The van der Waals surface area contributed by atoms with Crippen molar-refractivity contribution in [1.29, 1.82) is 0 Å². The van der Waals surface area contributed by atoms with E-state index in [2.05, 4.69) is 15.0 Å². The van der Waals surface area contributed by atoms with Crippen LogP contribution in [0, 0.1) is 13.8 Å². The maximum absolute atomic E-state index is 11.8. The third-order valence-electron chi connectivity index (χ3n) is 3.36. The quantitative estimate of drug-likeness (QED) is 0.789. The van der Waals surface area contributed by atoms with E-state index in [9.17, 15) is 8.42 Å². The molecular weight excluding hydrogens is 286 g/mol. The highest BCUT2D eigenvalue weighted by Crippen LogP contribution is 2.26. The number of nitrogens with one attached hydrogen (secondary N) is 1. The van der Waals surface area contributed by atoms with Gasteiger partial charge in [-0.2, -0.15) is 0 Å².